The van der Waals surface area contributed by atoms with Crippen LogP contribution < -0.4 is 0 Å². The Labute approximate surface area is 63.5 Å². The van der Waals surface area contributed by atoms with Crippen molar-refractivity contribution in [1.29, 1.82) is 0 Å². The summed E-state index contributed by atoms with van der Waals surface area (Å²) in [7, 11) is 1.71. The van der Waals surface area contributed by atoms with Crippen LogP contribution in [0.5, 0.6) is 0 Å². The second-order valence-corrected chi connectivity index (χ2v) is 2.21. The van der Waals surface area contributed by atoms with Gasteiger partial charge in [0, 0.05) is 13.7 Å². The van der Waals surface area contributed by atoms with Crippen LogP contribution in [-0.2, 0) is 4.74 Å². The monoisotopic (exact) mass is 143 g/mol. The number of nitrogens with zero attached hydrogens (tertiary/aromatic N) is 1. The van der Waals surface area contributed by atoms with E-state index in [4.69, 9.17) is 4.74 Å². The first-order valence-electron chi connectivity index (χ1n) is 3.71. The summed E-state index contributed by atoms with van der Waals surface area (Å²) in [5.74, 6) is 0. The molecule has 10 heavy (non-hydrogen) atoms. The SMILES string of the molecule is CC=CN(CCC)COC. The van der Waals surface area contributed by atoms with E-state index in [-0.39, 0.29) is 0 Å². The van der Waals surface area contributed by atoms with Gasteiger partial charge in [0.05, 0.1) is 0 Å². The van der Waals surface area contributed by atoms with Crippen molar-refractivity contribution in [2.24, 2.45) is 0 Å². The molecular weight excluding hydrogens is 126 g/mol. The molecule has 0 saturated heterocycles. The molecule has 0 rings (SSSR count). The van der Waals surface area contributed by atoms with Crippen LogP contribution in [0.4, 0.5) is 0 Å². The fraction of sp³-hybridized carbons (Fsp3) is 0.750. The molecule has 0 fully saturated rings. The van der Waals surface area contributed by atoms with Crippen LogP contribution in [0.25, 0.3) is 0 Å². The molecule has 0 amide bonds. The Morgan fingerprint density at radius 3 is 2.60 bits per heavy atom. The van der Waals surface area contributed by atoms with Crippen molar-refractivity contribution in [3.8, 4) is 0 Å². The Morgan fingerprint density at radius 2 is 2.20 bits per heavy atom. The molecule has 0 N–H and O–H groups in total. The predicted octanol–water partition coefficient (Wildman–Crippen LogP) is 1.84. The van der Waals surface area contributed by atoms with Gasteiger partial charge in [-0.25, -0.2) is 0 Å². The molecule has 0 spiro atoms. The minimum atomic E-state index is 0.693. The van der Waals surface area contributed by atoms with Gasteiger partial charge in [0.2, 0.25) is 0 Å². The summed E-state index contributed by atoms with van der Waals surface area (Å²) < 4.78 is 4.98. The van der Waals surface area contributed by atoms with E-state index in [9.17, 15) is 0 Å². The fourth-order valence-corrected chi connectivity index (χ4v) is 0.846. The summed E-state index contributed by atoms with van der Waals surface area (Å²) in [4.78, 5) is 2.14. The molecule has 0 heterocycles. The van der Waals surface area contributed by atoms with E-state index >= 15 is 0 Å². The molecular formula is C8H17NO. The molecule has 2 nitrogen and oxygen atoms in total. The summed E-state index contributed by atoms with van der Waals surface area (Å²) >= 11 is 0. The van der Waals surface area contributed by atoms with Crippen molar-refractivity contribution >= 4 is 0 Å². The van der Waals surface area contributed by atoms with Crippen LogP contribution in [0.1, 0.15) is 20.3 Å². The predicted molar refractivity (Wildman–Crippen MR) is 43.7 cm³/mol. The maximum absolute atomic E-state index is 4.98. The van der Waals surface area contributed by atoms with Crippen LogP contribution in [-0.4, -0.2) is 25.3 Å². The number of hydrogen-bond donors (Lipinski definition) is 0. The van der Waals surface area contributed by atoms with Gasteiger partial charge >= 0.3 is 0 Å². The van der Waals surface area contributed by atoms with Gasteiger partial charge in [0.15, 0.2) is 0 Å². The normalized spacial score (nSPS) is 10.7. The van der Waals surface area contributed by atoms with E-state index in [2.05, 4.69) is 11.8 Å². The fourth-order valence-electron chi connectivity index (χ4n) is 0.846. The number of allylic oxidation sites excluding steroid dienone is 1. The molecule has 0 bridgehead atoms. The molecule has 0 aliphatic heterocycles. The summed E-state index contributed by atoms with van der Waals surface area (Å²) in [6, 6.07) is 0. The molecule has 0 aromatic carbocycles. The molecule has 0 atom stereocenters. The lowest BCUT2D eigenvalue weighted by atomic mass is 10.4. The van der Waals surface area contributed by atoms with E-state index in [0.717, 1.165) is 13.0 Å². The van der Waals surface area contributed by atoms with Gasteiger partial charge in [-0.05, 0) is 19.5 Å². The number of ether oxygens (including phenoxy) is 1. The van der Waals surface area contributed by atoms with Crippen LogP contribution in [0, 0.1) is 0 Å². The quantitative estimate of drug-likeness (QED) is 0.544. The average molecular weight is 143 g/mol. The number of rotatable bonds is 5. The zero-order valence-electron chi connectivity index (χ0n) is 7.13. The van der Waals surface area contributed by atoms with Crippen LogP contribution in [0.3, 0.4) is 0 Å². The van der Waals surface area contributed by atoms with Crippen LogP contribution >= 0.6 is 0 Å². The maximum atomic E-state index is 4.98. The Hall–Kier alpha value is -0.500. The minimum Gasteiger partial charge on any atom is -0.364 e. The molecule has 2 heteroatoms. The summed E-state index contributed by atoms with van der Waals surface area (Å²) in [6.45, 7) is 5.93. The molecule has 0 unspecified atom stereocenters. The van der Waals surface area contributed by atoms with E-state index < -0.39 is 0 Å². The molecule has 60 valence electrons. The summed E-state index contributed by atoms with van der Waals surface area (Å²) in [5, 5.41) is 0. The standard InChI is InChI=1S/C8H17NO/c1-4-6-9(7-5-2)8-10-3/h4,6H,5,7-8H2,1-3H3. The highest BCUT2D eigenvalue weighted by Gasteiger charge is 1.92. The Morgan fingerprint density at radius 1 is 1.50 bits per heavy atom. The van der Waals surface area contributed by atoms with Gasteiger partial charge in [-0.15, -0.1) is 0 Å². The van der Waals surface area contributed by atoms with Gasteiger partial charge < -0.3 is 9.64 Å². The molecule has 0 radical (unpaired) electrons. The Kier molecular flexibility index (Phi) is 6.29. The zero-order chi connectivity index (χ0) is 7.82. The third kappa shape index (κ3) is 4.39. The largest absolute Gasteiger partial charge is 0.364 e. The van der Waals surface area contributed by atoms with Gasteiger partial charge in [0.1, 0.15) is 6.73 Å². The first-order chi connectivity index (χ1) is 4.85. The third-order valence-corrected chi connectivity index (χ3v) is 1.17. The van der Waals surface area contributed by atoms with Crippen molar-refractivity contribution in [3.63, 3.8) is 0 Å². The molecule has 0 saturated carbocycles. The van der Waals surface area contributed by atoms with Crippen molar-refractivity contribution in [3.05, 3.63) is 12.3 Å². The van der Waals surface area contributed by atoms with E-state index in [1.54, 1.807) is 7.11 Å². The van der Waals surface area contributed by atoms with Gasteiger partial charge in [-0.2, -0.15) is 0 Å². The smallest absolute Gasteiger partial charge is 0.118 e. The molecule has 0 aliphatic carbocycles. The topological polar surface area (TPSA) is 12.5 Å². The van der Waals surface area contributed by atoms with Gasteiger partial charge in [0.25, 0.3) is 0 Å². The van der Waals surface area contributed by atoms with Gasteiger partial charge in [-0.3, -0.25) is 0 Å². The number of methoxy groups -OCH3 is 1. The highest BCUT2D eigenvalue weighted by Crippen LogP contribution is 1.91. The average Bonchev–Trinajstić information content (AvgIpc) is 1.90. The Balaban J connectivity index is 3.50. The molecule has 0 aromatic heterocycles. The summed E-state index contributed by atoms with van der Waals surface area (Å²) in [6.07, 6.45) is 5.23. The lowest BCUT2D eigenvalue weighted by molar-refractivity contribution is 0.0958. The molecule has 0 aromatic rings. The highest BCUT2D eigenvalue weighted by molar-refractivity contribution is 4.76. The number of hydrogen-bond acceptors (Lipinski definition) is 2. The first-order valence-corrected chi connectivity index (χ1v) is 3.71. The van der Waals surface area contributed by atoms with E-state index in [1.807, 2.05) is 19.2 Å². The maximum Gasteiger partial charge on any atom is 0.118 e. The van der Waals surface area contributed by atoms with E-state index in [1.165, 1.54) is 0 Å². The van der Waals surface area contributed by atoms with E-state index in [0.29, 0.717) is 6.73 Å². The highest BCUT2D eigenvalue weighted by atomic mass is 16.5. The van der Waals surface area contributed by atoms with Crippen LogP contribution in [0.2, 0.25) is 0 Å². The second kappa shape index (κ2) is 6.62. The first kappa shape index (κ1) is 9.50. The molecule has 0 aliphatic rings. The van der Waals surface area contributed by atoms with Crippen molar-refractivity contribution in [2.45, 2.75) is 20.3 Å². The lowest BCUT2D eigenvalue weighted by Crippen LogP contribution is -2.20. The third-order valence-electron chi connectivity index (χ3n) is 1.17. The second-order valence-electron chi connectivity index (χ2n) is 2.21. The van der Waals surface area contributed by atoms with Crippen molar-refractivity contribution in [2.75, 3.05) is 20.4 Å². The lowest BCUT2D eigenvalue weighted by Gasteiger charge is -2.17. The van der Waals surface area contributed by atoms with Crippen molar-refractivity contribution < 1.29 is 4.74 Å². The van der Waals surface area contributed by atoms with Crippen LogP contribution in [0.15, 0.2) is 12.3 Å². The van der Waals surface area contributed by atoms with Crippen molar-refractivity contribution in [1.82, 2.24) is 4.90 Å². The minimum absolute atomic E-state index is 0.693. The van der Waals surface area contributed by atoms with Gasteiger partial charge in [-0.1, -0.05) is 13.0 Å². The Bertz CT molecular complexity index is 85.3. The summed E-state index contributed by atoms with van der Waals surface area (Å²) in [5.41, 5.74) is 0. The zero-order valence-corrected chi connectivity index (χ0v) is 7.13.